The fourth-order valence-corrected chi connectivity index (χ4v) is 2.36. The highest BCUT2D eigenvalue weighted by Gasteiger charge is 2.29. The third-order valence-electron chi connectivity index (χ3n) is 3.48. The van der Waals surface area contributed by atoms with Gasteiger partial charge in [0.05, 0.1) is 24.2 Å². The third kappa shape index (κ3) is 3.27. The molecule has 8 heteroatoms. The quantitative estimate of drug-likeness (QED) is 0.681. The van der Waals surface area contributed by atoms with Crippen molar-refractivity contribution in [2.24, 2.45) is 0 Å². The predicted octanol–water partition coefficient (Wildman–Crippen LogP) is 2.12. The Morgan fingerprint density at radius 2 is 2.29 bits per heavy atom. The van der Waals surface area contributed by atoms with E-state index in [1.807, 2.05) is 6.92 Å². The van der Waals surface area contributed by atoms with Gasteiger partial charge >= 0.3 is 0 Å². The van der Waals surface area contributed by atoms with Crippen LogP contribution < -0.4 is 4.90 Å². The second kappa shape index (κ2) is 6.31. The highest BCUT2D eigenvalue weighted by molar-refractivity contribution is 5.59. The third-order valence-corrected chi connectivity index (χ3v) is 3.48. The van der Waals surface area contributed by atoms with E-state index in [0.29, 0.717) is 6.61 Å². The first-order valence-corrected chi connectivity index (χ1v) is 6.49. The Hall–Kier alpha value is -1.80. The van der Waals surface area contributed by atoms with Crippen LogP contribution in [0.4, 0.5) is 20.2 Å². The van der Waals surface area contributed by atoms with Crippen LogP contribution in [0.3, 0.4) is 0 Å². The number of non-ortho nitro benzene ring substituents is 1. The van der Waals surface area contributed by atoms with Crippen molar-refractivity contribution < 1.29 is 23.5 Å². The average Bonchev–Trinajstić information content (AvgIpc) is 2.47. The molecule has 1 aromatic rings. The van der Waals surface area contributed by atoms with Gasteiger partial charge in [0.2, 0.25) is 0 Å². The smallest absolute Gasteiger partial charge is 0.270 e. The van der Waals surface area contributed by atoms with Crippen molar-refractivity contribution in [3.8, 4) is 0 Å². The zero-order chi connectivity index (χ0) is 15.6. The number of anilines is 1. The summed E-state index contributed by atoms with van der Waals surface area (Å²) < 4.78 is 31.8. The first-order chi connectivity index (χ1) is 9.93. The molecule has 0 bridgehead atoms. The van der Waals surface area contributed by atoms with Crippen LogP contribution in [0.2, 0.25) is 0 Å². The summed E-state index contributed by atoms with van der Waals surface area (Å²) in [4.78, 5) is 11.7. The lowest BCUT2D eigenvalue weighted by molar-refractivity contribution is -0.385. The fourth-order valence-electron chi connectivity index (χ4n) is 2.36. The molecule has 1 aromatic carbocycles. The second-order valence-corrected chi connectivity index (χ2v) is 4.94. The van der Waals surface area contributed by atoms with Crippen molar-refractivity contribution in [2.45, 2.75) is 25.5 Å². The maximum Gasteiger partial charge on any atom is 0.270 e. The first-order valence-electron chi connectivity index (χ1n) is 6.49. The zero-order valence-corrected chi connectivity index (χ0v) is 11.4. The molecule has 0 spiro atoms. The van der Waals surface area contributed by atoms with E-state index < -0.39 is 17.5 Å². The lowest BCUT2D eigenvalue weighted by Crippen LogP contribution is -2.50. The Kier molecular flexibility index (Phi) is 4.69. The number of morpholine rings is 1. The van der Waals surface area contributed by atoms with Crippen LogP contribution in [0.15, 0.2) is 18.2 Å². The molecule has 1 saturated heterocycles. The molecule has 2 rings (SSSR count). The molecule has 1 N–H and O–H groups in total. The van der Waals surface area contributed by atoms with Gasteiger partial charge < -0.3 is 14.7 Å². The number of halogens is 2. The molecular formula is C13H16F2N2O4. The maximum absolute atomic E-state index is 13.2. The van der Waals surface area contributed by atoms with Gasteiger partial charge in [-0.05, 0) is 13.0 Å². The number of ether oxygens (including phenoxy) is 1. The number of benzene rings is 1. The van der Waals surface area contributed by atoms with Gasteiger partial charge in [-0.1, -0.05) is 0 Å². The van der Waals surface area contributed by atoms with Crippen LogP contribution in [0.5, 0.6) is 0 Å². The van der Waals surface area contributed by atoms with Gasteiger partial charge in [-0.15, -0.1) is 0 Å². The summed E-state index contributed by atoms with van der Waals surface area (Å²) in [6.07, 6.45) is -3.27. The summed E-state index contributed by atoms with van der Waals surface area (Å²) in [7, 11) is 0. The van der Waals surface area contributed by atoms with E-state index in [4.69, 9.17) is 9.84 Å². The lowest BCUT2D eigenvalue weighted by Gasteiger charge is -2.39. The van der Waals surface area contributed by atoms with Crippen LogP contribution >= 0.6 is 0 Å². The molecule has 21 heavy (non-hydrogen) atoms. The Balaban J connectivity index is 2.39. The van der Waals surface area contributed by atoms with Gasteiger partial charge in [0.1, 0.15) is 0 Å². The van der Waals surface area contributed by atoms with Gasteiger partial charge in [0.15, 0.2) is 0 Å². The van der Waals surface area contributed by atoms with Crippen molar-refractivity contribution >= 4 is 11.4 Å². The van der Waals surface area contributed by atoms with E-state index in [1.165, 1.54) is 12.1 Å². The molecule has 116 valence electrons. The highest BCUT2D eigenvalue weighted by Crippen LogP contribution is 2.35. The number of nitro groups is 1. The minimum atomic E-state index is -2.82. The van der Waals surface area contributed by atoms with E-state index in [1.54, 1.807) is 4.90 Å². The van der Waals surface area contributed by atoms with Crippen LogP contribution in [-0.2, 0) is 4.74 Å². The molecule has 2 atom stereocenters. The number of hydrogen-bond donors (Lipinski definition) is 1. The van der Waals surface area contributed by atoms with E-state index in [-0.39, 0.29) is 36.1 Å². The SMILES string of the molecule is CC1COC(CO)CN1c1ccc([N+](=O)[O-])cc1C(F)F. The first kappa shape index (κ1) is 15.6. The molecule has 2 unspecified atom stereocenters. The molecule has 6 nitrogen and oxygen atoms in total. The van der Waals surface area contributed by atoms with Gasteiger partial charge in [0, 0.05) is 36.0 Å². The number of nitro benzene ring substituents is 1. The monoisotopic (exact) mass is 302 g/mol. The topological polar surface area (TPSA) is 75.8 Å². The second-order valence-electron chi connectivity index (χ2n) is 4.94. The van der Waals surface area contributed by atoms with E-state index in [2.05, 4.69) is 0 Å². The number of nitrogens with zero attached hydrogens (tertiary/aromatic N) is 2. The molecule has 1 aliphatic rings. The van der Waals surface area contributed by atoms with Gasteiger partial charge in [-0.3, -0.25) is 10.1 Å². The number of aliphatic hydroxyl groups is 1. The Bertz CT molecular complexity index is 527. The molecule has 0 radical (unpaired) electrons. The standard InChI is InChI=1S/C13H16F2N2O4/c1-8-7-21-10(6-18)5-16(8)12-3-2-9(17(19)20)4-11(12)13(14)15/h2-4,8,10,13,18H,5-7H2,1H3. The normalized spacial score (nSPS) is 22.6. The Morgan fingerprint density at radius 1 is 1.57 bits per heavy atom. The average molecular weight is 302 g/mol. The summed E-state index contributed by atoms with van der Waals surface area (Å²) in [5.41, 5.74) is -0.506. The fraction of sp³-hybridized carbons (Fsp3) is 0.538. The Morgan fingerprint density at radius 3 is 2.86 bits per heavy atom. The maximum atomic E-state index is 13.2. The number of alkyl halides is 2. The largest absolute Gasteiger partial charge is 0.394 e. The summed E-state index contributed by atoms with van der Waals surface area (Å²) in [5, 5.41) is 19.9. The lowest BCUT2D eigenvalue weighted by atomic mass is 10.1. The number of hydrogen-bond acceptors (Lipinski definition) is 5. The number of aliphatic hydroxyl groups excluding tert-OH is 1. The molecule has 1 heterocycles. The van der Waals surface area contributed by atoms with E-state index in [0.717, 1.165) is 6.07 Å². The summed E-state index contributed by atoms with van der Waals surface area (Å²) >= 11 is 0. The van der Waals surface area contributed by atoms with Gasteiger partial charge in [-0.25, -0.2) is 8.78 Å². The highest BCUT2D eigenvalue weighted by atomic mass is 19.3. The summed E-state index contributed by atoms with van der Waals surface area (Å²) in [5.74, 6) is 0. The minimum Gasteiger partial charge on any atom is -0.394 e. The van der Waals surface area contributed by atoms with Crippen molar-refractivity contribution in [2.75, 3.05) is 24.7 Å². The van der Waals surface area contributed by atoms with Crippen molar-refractivity contribution in [3.05, 3.63) is 33.9 Å². The summed E-state index contributed by atoms with van der Waals surface area (Å²) in [6.45, 7) is 2.16. The van der Waals surface area contributed by atoms with Gasteiger partial charge in [-0.2, -0.15) is 0 Å². The summed E-state index contributed by atoms with van der Waals surface area (Å²) in [6, 6.07) is 3.27. The van der Waals surface area contributed by atoms with Crippen molar-refractivity contribution in [1.82, 2.24) is 0 Å². The van der Waals surface area contributed by atoms with Crippen molar-refractivity contribution in [3.63, 3.8) is 0 Å². The van der Waals surface area contributed by atoms with Crippen LogP contribution in [0, 0.1) is 10.1 Å². The Labute approximate surface area is 120 Å². The predicted molar refractivity (Wildman–Crippen MR) is 71.7 cm³/mol. The van der Waals surface area contributed by atoms with E-state index in [9.17, 15) is 18.9 Å². The molecule has 1 aliphatic heterocycles. The minimum absolute atomic E-state index is 0.160. The van der Waals surface area contributed by atoms with Crippen LogP contribution in [-0.4, -0.2) is 41.9 Å². The molecule has 0 saturated carbocycles. The number of rotatable bonds is 4. The molecule has 1 fully saturated rings. The molecule has 0 amide bonds. The molecular weight excluding hydrogens is 286 g/mol. The molecule has 0 aromatic heterocycles. The molecule has 0 aliphatic carbocycles. The van der Waals surface area contributed by atoms with Gasteiger partial charge in [0.25, 0.3) is 12.1 Å². The van der Waals surface area contributed by atoms with E-state index >= 15 is 0 Å². The van der Waals surface area contributed by atoms with Crippen LogP contribution in [0.25, 0.3) is 0 Å². The van der Waals surface area contributed by atoms with Crippen molar-refractivity contribution in [1.29, 1.82) is 0 Å². The van der Waals surface area contributed by atoms with Crippen LogP contribution in [0.1, 0.15) is 18.9 Å². The zero-order valence-electron chi connectivity index (χ0n) is 11.4.